The van der Waals surface area contributed by atoms with Gasteiger partial charge < -0.3 is 9.47 Å². The van der Waals surface area contributed by atoms with Gasteiger partial charge in [-0.2, -0.15) is 0 Å². The van der Waals surface area contributed by atoms with Crippen LogP contribution in [0.5, 0.6) is 0 Å². The van der Waals surface area contributed by atoms with E-state index in [0.29, 0.717) is 26.1 Å². The summed E-state index contributed by atoms with van der Waals surface area (Å²) in [5, 5.41) is 0. The zero-order chi connectivity index (χ0) is 60.7. The summed E-state index contributed by atoms with van der Waals surface area (Å²) >= 11 is 0. The van der Waals surface area contributed by atoms with Crippen LogP contribution in [0.4, 0.5) is 0 Å². The van der Waals surface area contributed by atoms with Crippen molar-refractivity contribution < 1.29 is 19.1 Å². The number of unbranched alkanes of at least 4 members (excludes halogenated alkanes) is 60. The molecule has 4 nitrogen and oxygen atoms in total. The number of hydrogen-bond donors (Lipinski definition) is 0. The Morgan fingerprint density at radius 2 is 0.435 bits per heavy atom. The van der Waals surface area contributed by atoms with Gasteiger partial charge >= 0.3 is 11.9 Å². The first-order chi connectivity index (χ1) is 41.6. The predicted octanol–water partition coefficient (Wildman–Crippen LogP) is 28.0. The number of ether oxygens (including phenoxy) is 2. The van der Waals surface area contributed by atoms with Crippen molar-refractivity contribution in [2.75, 3.05) is 13.2 Å². The topological polar surface area (TPSA) is 52.6 Å². The van der Waals surface area contributed by atoms with Gasteiger partial charge in [-0.05, 0) is 51.4 Å². The zero-order valence-corrected chi connectivity index (χ0v) is 61.1. The molecule has 0 aromatic rings. The van der Waals surface area contributed by atoms with Crippen LogP contribution in [0.1, 0.15) is 458 Å². The van der Waals surface area contributed by atoms with Crippen LogP contribution in [-0.2, 0) is 19.1 Å². The Morgan fingerprint density at radius 3 is 0.659 bits per heavy atom. The van der Waals surface area contributed by atoms with Crippen LogP contribution >= 0.6 is 0 Å². The monoisotopic (exact) mass is 1220 g/mol. The SMILES string of the molecule is CCCCCCCCCCCCCC=CCC(CC=CCCCCCCCCCCCCC)(CC(=O)OCCCCCCCCCCCCCCCCCCCCCC)C(=O)OCCCCCCCCCCCCCCCCCCCCCC.[Ca]. The van der Waals surface area contributed by atoms with Gasteiger partial charge in [0.2, 0.25) is 0 Å². The molecule has 0 amide bonds. The van der Waals surface area contributed by atoms with Gasteiger partial charge in [0.1, 0.15) is 0 Å². The van der Waals surface area contributed by atoms with Crippen molar-refractivity contribution in [1.29, 1.82) is 0 Å². The minimum atomic E-state index is -0.931. The van der Waals surface area contributed by atoms with E-state index in [4.69, 9.17) is 9.47 Å². The van der Waals surface area contributed by atoms with Crippen LogP contribution in [0.25, 0.3) is 0 Å². The molecule has 0 heterocycles. The molecule has 0 aromatic carbocycles. The first-order valence-corrected chi connectivity index (χ1v) is 39.2. The smallest absolute Gasteiger partial charge is 0.313 e. The molecule has 0 saturated heterocycles. The Morgan fingerprint density at radius 1 is 0.247 bits per heavy atom. The minimum absolute atomic E-state index is 0. The fraction of sp³-hybridized carbons (Fsp3) is 0.925. The molecule has 0 rings (SSSR count). The van der Waals surface area contributed by atoms with Gasteiger partial charge in [0.15, 0.2) is 0 Å². The fourth-order valence-corrected chi connectivity index (χ4v) is 12.7. The van der Waals surface area contributed by atoms with Crippen molar-refractivity contribution >= 4 is 49.7 Å². The average molecular weight is 1220 g/mol. The summed E-state index contributed by atoms with van der Waals surface area (Å²) < 4.78 is 12.2. The van der Waals surface area contributed by atoms with Crippen molar-refractivity contribution in [3.05, 3.63) is 24.3 Å². The quantitative estimate of drug-likeness (QED) is 0.0264. The van der Waals surface area contributed by atoms with Gasteiger partial charge in [0.25, 0.3) is 0 Å². The molecular weight excluding hydrogens is 1060 g/mol. The Bertz CT molecular complexity index is 1290. The number of carbonyl (C=O) groups is 2. The van der Waals surface area contributed by atoms with Gasteiger partial charge in [0.05, 0.1) is 25.0 Å². The molecule has 85 heavy (non-hydrogen) atoms. The van der Waals surface area contributed by atoms with Crippen molar-refractivity contribution in [2.24, 2.45) is 5.41 Å². The number of esters is 2. The van der Waals surface area contributed by atoms with E-state index in [1.54, 1.807) is 0 Å². The Kier molecular flexibility index (Phi) is 77.7. The number of carbonyl (C=O) groups excluding carboxylic acids is 2. The third-order valence-electron chi connectivity index (χ3n) is 18.7. The molecule has 5 heteroatoms. The minimum Gasteiger partial charge on any atom is -0.466 e. The molecule has 0 aliphatic carbocycles. The number of rotatable bonds is 73. The summed E-state index contributed by atoms with van der Waals surface area (Å²) in [6.07, 6.45) is 95.8. The number of hydrogen-bond acceptors (Lipinski definition) is 4. The molecular formula is C80H154CaO4. The Labute approximate surface area is 565 Å². The Balaban J connectivity index is 0. The predicted molar refractivity (Wildman–Crippen MR) is 380 cm³/mol. The zero-order valence-electron chi connectivity index (χ0n) is 58.9. The second-order valence-electron chi connectivity index (χ2n) is 27.2. The summed E-state index contributed by atoms with van der Waals surface area (Å²) in [6.45, 7) is 10.1. The second-order valence-corrected chi connectivity index (χ2v) is 27.2. The molecule has 0 saturated carbocycles. The van der Waals surface area contributed by atoms with Crippen molar-refractivity contribution in [1.82, 2.24) is 0 Å². The van der Waals surface area contributed by atoms with Crippen molar-refractivity contribution in [2.45, 2.75) is 458 Å². The molecule has 0 unspecified atom stereocenters. The van der Waals surface area contributed by atoms with Gasteiger partial charge in [-0.3, -0.25) is 9.59 Å². The largest absolute Gasteiger partial charge is 0.466 e. The molecule has 0 fully saturated rings. The van der Waals surface area contributed by atoms with E-state index in [1.807, 2.05) is 0 Å². The molecule has 2 radical (unpaired) electrons. The molecule has 0 bridgehead atoms. The summed E-state index contributed by atoms with van der Waals surface area (Å²) in [4.78, 5) is 28.3. The van der Waals surface area contributed by atoms with Gasteiger partial charge in [-0.1, -0.05) is 424 Å². The van der Waals surface area contributed by atoms with Crippen LogP contribution in [0.3, 0.4) is 0 Å². The summed E-state index contributed by atoms with van der Waals surface area (Å²) in [7, 11) is 0. The molecule has 500 valence electrons. The van der Waals surface area contributed by atoms with Crippen LogP contribution < -0.4 is 0 Å². The molecule has 0 aromatic heterocycles. The van der Waals surface area contributed by atoms with E-state index >= 15 is 0 Å². The van der Waals surface area contributed by atoms with Crippen LogP contribution in [0, 0.1) is 5.41 Å². The fourth-order valence-electron chi connectivity index (χ4n) is 12.7. The van der Waals surface area contributed by atoms with Crippen LogP contribution in [-0.4, -0.2) is 62.9 Å². The van der Waals surface area contributed by atoms with E-state index < -0.39 is 5.41 Å². The van der Waals surface area contributed by atoms with Crippen molar-refractivity contribution in [3.8, 4) is 0 Å². The summed E-state index contributed by atoms with van der Waals surface area (Å²) in [6, 6.07) is 0. The van der Waals surface area contributed by atoms with E-state index in [9.17, 15) is 9.59 Å². The molecule has 0 spiro atoms. The summed E-state index contributed by atoms with van der Waals surface area (Å²) in [5.74, 6) is -0.434. The molecule has 0 aliphatic heterocycles. The Hall–Kier alpha value is -0.320. The third-order valence-corrected chi connectivity index (χ3v) is 18.7. The van der Waals surface area contributed by atoms with Gasteiger partial charge in [-0.15, -0.1) is 0 Å². The third kappa shape index (κ3) is 67.9. The molecule has 0 N–H and O–H groups in total. The summed E-state index contributed by atoms with van der Waals surface area (Å²) in [5.41, 5.74) is -0.931. The van der Waals surface area contributed by atoms with E-state index in [1.165, 1.54) is 372 Å². The maximum atomic E-state index is 14.5. The average Bonchev–Trinajstić information content (AvgIpc) is 3.68. The van der Waals surface area contributed by atoms with E-state index in [0.717, 1.165) is 38.5 Å². The maximum Gasteiger partial charge on any atom is 0.313 e. The maximum absolute atomic E-state index is 14.5. The molecule has 0 aliphatic rings. The van der Waals surface area contributed by atoms with Crippen molar-refractivity contribution in [3.63, 3.8) is 0 Å². The number of allylic oxidation sites excluding steroid dienone is 4. The van der Waals surface area contributed by atoms with Gasteiger partial charge in [-0.25, -0.2) is 0 Å². The van der Waals surface area contributed by atoms with E-state index in [2.05, 4.69) is 52.0 Å². The first kappa shape index (κ1) is 86.7. The standard InChI is InChI=1S/C80H154O4.Ca/c1-5-9-13-17-21-25-29-33-37-39-41-43-45-47-51-55-59-63-67-71-75-83-78(81)77-80(73-69-65-61-57-53-49-35-31-27-23-19-15-11-7-3,74-70-66-62-58-54-50-36-32-28-24-20-16-12-8-4)79(82)84-76-72-68-64-60-56-52-48-46-44-42-40-38-34-30-26-22-18-14-10-6-2;/h65-66,69-70H,5-64,67-68,71-77H2,1-4H3;. The first-order valence-electron chi connectivity index (χ1n) is 39.2. The second kappa shape index (κ2) is 76.1. The van der Waals surface area contributed by atoms with E-state index in [-0.39, 0.29) is 56.1 Å². The normalized spacial score (nSPS) is 12.4. The van der Waals surface area contributed by atoms with Crippen LogP contribution in [0.15, 0.2) is 24.3 Å². The molecule has 0 atom stereocenters. The van der Waals surface area contributed by atoms with Crippen LogP contribution in [0.2, 0.25) is 0 Å². The van der Waals surface area contributed by atoms with Gasteiger partial charge in [0, 0.05) is 37.7 Å².